The fourth-order valence-corrected chi connectivity index (χ4v) is 4.02. The Morgan fingerprint density at radius 3 is 2.33 bits per heavy atom. The smallest absolute Gasteiger partial charge is 0.242 e. The largest absolute Gasteiger partial charge is 0.486 e. The molecule has 0 aliphatic carbocycles. The molecule has 0 saturated heterocycles. The second kappa shape index (κ2) is 7.98. The third kappa shape index (κ3) is 4.58. The van der Waals surface area contributed by atoms with Crippen molar-refractivity contribution in [1.29, 1.82) is 0 Å². The Morgan fingerprint density at radius 1 is 1.00 bits per heavy atom. The van der Waals surface area contributed by atoms with Gasteiger partial charge in [0.25, 0.3) is 0 Å². The monoisotopic (exact) mass is 390 g/mol. The Hall–Kier alpha value is -2.58. The van der Waals surface area contributed by atoms with E-state index in [0.29, 0.717) is 30.4 Å². The summed E-state index contributed by atoms with van der Waals surface area (Å²) in [5.41, 5.74) is 0.603. The molecule has 8 heteroatoms. The fourth-order valence-electron chi connectivity index (χ4n) is 2.66. The summed E-state index contributed by atoms with van der Waals surface area (Å²) in [5.74, 6) is 0.208. The topological polar surface area (TPSA) is 93.7 Å². The molecule has 2 N–H and O–H groups in total. The highest BCUT2D eigenvalue weighted by Gasteiger charge is 2.29. The van der Waals surface area contributed by atoms with Gasteiger partial charge in [0, 0.05) is 11.8 Å². The Labute approximate surface area is 158 Å². The van der Waals surface area contributed by atoms with Crippen LogP contribution in [0.2, 0.25) is 0 Å². The molecule has 0 radical (unpaired) electrons. The van der Waals surface area contributed by atoms with E-state index in [1.54, 1.807) is 44.2 Å². The number of benzene rings is 2. The second-order valence-corrected chi connectivity index (χ2v) is 8.22. The quantitative estimate of drug-likeness (QED) is 0.790. The molecule has 0 spiro atoms. The summed E-state index contributed by atoms with van der Waals surface area (Å²) in [6.07, 6.45) is 0. The molecule has 3 rings (SSSR count). The Bertz CT molecular complexity index is 913. The summed E-state index contributed by atoms with van der Waals surface area (Å²) in [7, 11) is -3.92. The van der Waals surface area contributed by atoms with Crippen LogP contribution in [0.4, 0.5) is 5.69 Å². The third-order valence-electron chi connectivity index (χ3n) is 4.10. The maximum atomic E-state index is 12.8. The molecule has 2 aromatic carbocycles. The van der Waals surface area contributed by atoms with Gasteiger partial charge in [0.2, 0.25) is 15.9 Å². The van der Waals surface area contributed by atoms with E-state index in [0.717, 1.165) is 0 Å². The molecule has 1 aliphatic heterocycles. The maximum Gasteiger partial charge on any atom is 0.242 e. The van der Waals surface area contributed by atoms with Crippen LogP contribution in [0.3, 0.4) is 0 Å². The van der Waals surface area contributed by atoms with E-state index < -0.39 is 22.0 Å². The Balaban J connectivity index is 1.79. The van der Waals surface area contributed by atoms with E-state index in [2.05, 4.69) is 10.0 Å². The lowest BCUT2D eigenvalue weighted by molar-refractivity contribution is -0.118. The van der Waals surface area contributed by atoms with Crippen LogP contribution in [-0.2, 0) is 14.8 Å². The van der Waals surface area contributed by atoms with Crippen molar-refractivity contribution in [2.45, 2.75) is 24.8 Å². The van der Waals surface area contributed by atoms with Crippen LogP contribution in [0, 0.1) is 5.92 Å². The number of ether oxygens (including phenoxy) is 2. The van der Waals surface area contributed by atoms with Gasteiger partial charge in [-0.2, -0.15) is 4.72 Å². The number of hydrogen-bond acceptors (Lipinski definition) is 5. The summed E-state index contributed by atoms with van der Waals surface area (Å²) in [6, 6.07) is 12.4. The van der Waals surface area contributed by atoms with Crippen LogP contribution in [-0.4, -0.2) is 33.6 Å². The first-order valence-electron chi connectivity index (χ1n) is 8.65. The highest BCUT2D eigenvalue weighted by Crippen LogP contribution is 2.32. The zero-order valence-corrected chi connectivity index (χ0v) is 16.0. The maximum absolute atomic E-state index is 12.8. The summed E-state index contributed by atoms with van der Waals surface area (Å²) in [5, 5.41) is 2.74. The molecule has 0 unspecified atom stereocenters. The summed E-state index contributed by atoms with van der Waals surface area (Å²) >= 11 is 0. The Morgan fingerprint density at radius 2 is 1.67 bits per heavy atom. The van der Waals surface area contributed by atoms with Gasteiger partial charge in [-0.3, -0.25) is 4.79 Å². The first kappa shape index (κ1) is 19.2. The zero-order valence-electron chi connectivity index (χ0n) is 15.1. The molecular weight excluding hydrogens is 368 g/mol. The molecular formula is C19H22N2O5S. The van der Waals surface area contributed by atoms with Gasteiger partial charge in [-0.25, -0.2) is 8.42 Å². The van der Waals surface area contributed by atoms with E-state index in [-0.39, 0.29) is 10.8 Å². The molecule has 1 amide bonds. The molecule has 0 saturated carbocycles. The van der Waals surface area contributed by atoms with Crippen molar-refractivity contribution in [3.63, 3.8) is 0 Å². The van der Waals surface area contributed by atoms with Crippen molar-refractivity contribution in [2.24, 2.45) is 5.92 Å². The van der Waals surface area contributed by atoms with Crippen molar-refractivity contribution >= 4 is 21.6 Å². The predicted octanol–water partition coefficient (Wildman–Crippen LogP) is 2.40. The van der Waals surface area contributed by atoms with Crippen molar-refractivity contribution in [3.05, 3.63) is 48.5 Å². The van der Waals surface area contributed by atoms with Crippen molar-refractivity contribution in [2.75, 3.05) is 18.5 Å². The van der Waals surface area contributed by atoms with Gasteiger partial charge in [0.05, 0.1) is 4.90 Å². The van der Waals surface area contributed by atoms with E-state index in [9.17, 15) is 13.2 Å². The number of nitrogens with one attached hydrogen (secondary N) is 2. The van der Waals surface area contributed by atoms with Gasteiger partial charge >= 0.3 is 0 Å². The van der Waals surface area contributed by atoms with Crippen molar-refractivity contribution < 1.29 is 22.7 Å². The lowest BCUT2D eigenvalue weighted by Crippen LogP contribution is -2.47. The standard InChI is InChI=1S/C19H22N2O5S/c1-13(2)18(19(22)20-14-6-4-3-5-7-14)21-27(23,24)15-8-9-16-17(12-15)26-11-10-25-16/h3-9,12-13,18,21H,10-11H2,1-2H3,(H,20,22)/t18-/m1/s1. The van der Waals surface area contributed by atoms with Crippen LogP contribution in [0.1, 0.15) is 13.8 Å². The summed E-state index contributed by atoms with van der Waals surface area (Å²) < 4.78 is 39.0. The molecule has 0 bridgehead atoms. The van der Waals surface area contributed by atoms with Gasteiger partial charge < -0.3 is 14.8 Å². The molecule has 27 heavy (non-hydrogen) atoms. The number of amides is 1. The minimum Gasteiger partial charge on any atom is -0.486 e. The minimum absolute atomic E-state index is 0.0184. The second-order valence-electron chi connectivity index (χ2n) is 6.50. The lowest BCUT2D eigenvalue weighted by atomic mass is 10.0. The fraction of sp³-hybridized carbons (Fsp3) is 0.316. The number of rotatable bonds is 6. The molecule has 1 aliphatic rings. The number of hydrogen-bond donors (Lipinski definition) is 2. The van der Waals surface area contributed by atoms with Crippen LogP contribution in [0.25, 0.3) is 0 Å². The SMILES string of the molecule is CC(C)[C@@H](NS(=O)(=O)c1ccc2c(c1)OCCO2)C(=O)Nc1ccccc1. The van der Waals surface area contributed by atoms with Crippen molar-refractivity contribution in [3.8, 4) is 11.5 Å². The first-order valence-corrected chi connectivity index (χ1v) is 10.1. The molecule has 1 atom stereocenters. The lowest BCUT2D eigenvalue weighted by Gasteiger charge is -2.23. The first-order chi connectivity index (χ1) is 12.9. The number of carbonyl (C=O) groups is 1. The number of fused-ring (bicyclic) bond motifs is 1. The van der Waals surface area contributed by atoms with E-state index >= 15 is 0 Å². The van der Waals surface area contributed by atoms with E-state index in [1.807, 2.05) is 6.07 Å². The molecule has 2 aromatic rings. The van der Waals surface area contributed by atoms with Gasteiger partial charge in [-0.05, 0) is 30.2 Å². The van der Waals surface area contributed by atoms with Crippen LogP contribution >= 0.6 is 0 Å². The normalized spacial score (nSPS) is 14.6. The predicted molar refractivity (Wildman–Crippen MR) is 101 cm³/mol. The van der Waals surface area contributed by atoms with Crippen molar-refractivity contribution in [1.82, 2.24) is 4.72 Å². The average molecular weight is 390 g/mol. The zero-order chi connectivity index (χ0) is 19.4. The molecule has 0 aromatic heterocycles. The highest BCUT2D eigenvalue weighted by atomic mass is 32.2. The van der Waals surface area contributed by atoms with Crippen LogP contribution in [0.15, 0.2) is 53.4 Å². The van der Waals surface area contributed by atoms with E-state index in [4.69, 9.17) is 9.47 Å². The minimum atomic E-state index is -3.92. The van der Waals surface area contributed by atoms with Crippen LogP contribution < -0.4 is 19.5 Å². The van der Waals surface area contributed by atoms with E-state index in [1.165, 1.54) is 12.1 Å². The Kier molecular flexibility index (Phi) is 5.67. The number of sulfonamides is 1. The summed E-state index contributed by atoms with van der Waals surface area (Å²) in [4.78, 5) is 12.6. The number of para-hydroxylation sites is 1. The molecule has 144 valence electrons. The third-order valence-corrected chi connectivity index (χ3v) is 5.54. The molecule has 7 nitrogen and oxygen atoms in total. The van der Waals surface area contributed by atoms with Gasteiger partial charge in [0.15, 0.2) is 11.5 Å². The van der Waals surface area contributed by atoms with Crippen LogP contribution in [0.5, 0.6) is 11.5 Å². The summed E-state index contributed by atoms with van der Waals surface area (Å²) in [6.45, 7) is 4.34. The molecule has 1 heterocycles. The average Bonchev–Trinajstić information content (AvgIpc) is 2.66. The van der Waals surface area contributed by atoms with Gasteiger partial charge in [0.1, 0.15) is 19.3 Å². The highest BCUT2D eigenvalue weighted by molar-refractivity contribution is 7.89. The molecule has 0 fully saturated rings. The number of anilines is 1. The van der Waals surface area contributed by atoms with Gasteiger partial charge in [-0.15, -0.1) is 0 Å². The van der Waals surface area contributed by atoms with Gasteiger partial charge in [-0.1, -0.05) is 32.0 Å². The number of carbonyl (C=O) groups excluding carboxylic acids is 1.